The van der Waals surface area contributed by atoms with Gasteiger partial charge in [0.2, 0.25) is 12.6 Å². The molecule has 0 amide bonds. The molecule has 3 fully saturated rings. The second-order valence-electron chi connectivity index (χ2n) is 15.7. The third-order valence-electron chi connectivity index (χ3n) is 11.1. The third-order valence-corrected chi connectivity index (χ3v) is 11.1. The van der Waals surface area contributed by atoms with Crippen molar-refractivity contribution in [2.24, 2.45) is 0 Å². The van der Waals surface area contributed by atoms with Gasteiger partial charge in [0.05, 0.1) is 7.11 Å². The van der Waals surface area contributed by atoms with Gasteiger partial charge in [0.1, 0.15) is 71.0 Å². The number of aliphatic hydroxyl groups excluding tert-OH is 7. The number of carboxylic acids is 3. The number of esters is 1. The first-order chi connectivity index (χ1) is 33.1. The lowest BCUT2D eigenvalue weighted by Gasteiger charge is -2.45. The molecule has 0 unspecified atom stereocenters. The van der Waals surface area contributed by atoms with E-state index in [0.717, 1.165) is 36.4 Å². The minimum Gasteiger partial charge on any atom is -0.507 e. The van der Waals surface area contributed by atoms with Gasteiger partial charge in [-0.05, 0) is 42.0 Å². The zero-order valence-electron chi connectivity index (χ0n) is 35.5. The molecular weight excluding hydrogens is 948 g/mol. The lowest BCUT2D eigenvalue weighted by atomic mass is 9.96. The number of aliphatic carboxylic acids is 3. The Balaban J connectivity index is 1.17. The summed E-state index contributed by atoms with van der Waals surface area (Å²) in [5.74, 6) is -9.63. The van der Waals surface area contributed by atoms with Gasteiger partial charge in [0, 0.05) is 29.8 Å². The largest absolute Gasteiger partial charge is 0.507 e. The molecule has 27 heteroatoms. The molecule has 7 rings (SSSR count). The number of hydrogen-bond acceptors (Lipinski definition) is 24. The average Bonchev–Trinajstić information content (AvgIpc) is 3.30. The fraction of sp³-hybridized carbons (Fsp3) is 0.372. The summed E-state index contributed by atoms with van der Waals surface area (Å²) < 4.78 is 49.0. The van der Waals surface area contributed by atoms with Crippen LogP contribution in [-0.2, 0) is 42.9 Å². The molecule has 3 aliphatic heterocycles. The number of phenolic OH excluding ortho intramolecular Hbond substituents is 3. The Morgan fingerprint density at radius 1 is 0.586 bits per heavy atom. The van der Waals surface area contributed by atoms with Crippen molar-refractivity contribution in [2.75, 3.05) is 7.11 Å². The molecule has 0 spiro atoms. The van der Waals surface area contributed by atoms with Crippen LogP contribution in [0.3, 0.4) is 0 Å². The molecule has 0 radical (unpaired) electrons. The second kappa shape index (κ2) is 20.4. The summed E-state index contributed by atoms with van der Waals surface area (Å²) in [5, 5.41) is 134. The van der Waals surface area contributed by atoms with Crippen molar-refractivity contribution in [3.05, 3.63) is 76.5 Å². The van der Waals surface area contributed by atoms with Crippen molar-refractivity contribution in [2.45, 2.75) is 92.1 Å². The Kier molecular flexibility index (Phi) is 14.8. The third kappa shape index (κ3) is 10.2. The van der Waals surface area contributed by atoms with E-state index in [2.05, 4.69) is 0 Å². The highest BCUT2D eigenvalue weighted by Gasteiger charge is 2.55. The maximum Gasteiger partial charge on any atom is 0.335 e. The van der Waals surface area contributed by atoms with Crippen molar-refractivity contribution in [3.8, 4) is 45.8 Å². The normalized spacial score (nSPS) is 31.2. The summed E-state index contributed by atoms with van der Waals surface area (Å²) >= 11 is 0. The molecule has 0 bridgehead atoms. The number of aromatic hydroxyl groups is 3. The van der Waals surface area contributed by atoms with Gasteiger partial charge in [-0.15, -0.1) is 0 Å². The number of methoxy groups -OCH3 is 1. The molecule has 13 N–H and O–H groups in total. The lowest BCUT2D eigenvalue weighted by Crippen LogP contribution is -2.66. The van der Waals surface area contributed by atoms with Crippen molar-refractivity contribution < 1.29 is 128 Å². The molecule has 27 nitrogen and oxygen atoms in total. The number of hydrogen-bond donors (Lipinski definition) is 13. The van der Waals surface area contributed by atoms with Gasteiger partial charge in [-0.2, -0.15) is 0 Å². The molecule has 3 aliphatic rings. The average molecular weight is 991 g/mol. The summed E-state index contributed by atoms with van der Waals surface area (Å²) in [6.45, 7) is 0. The molecule has 3 saturated heterocycles. The highest BCUT2D eigenvalue weighted by molar-refractivity contribution is 5.88. The number of carboxylic acid groups (broad SMARTS) is 3. The lowest BCUT2D eigenvalue weighted by molar-refractivity contribution is -0.350. The van der Waals surface area contributed by atoms with Crippen LogP contribution < -0.4 is 19.6 Å². The zero-order chi connectivity index (χ0) is 51.0. The molecule has 0 saturated carbocycles. The van der Waals surface area contributed by atoms with Crippen LogP contribution in [0.5, 0.6) is 34.5 Å². The van der Waals surface area contributed by atoms with Crippen LogP contribution in [0.1, 0.15) is 5.56 Å². The van der Waals surface area contributed by atoms with Crippen molar-refractivity contribution >= 4 is 40.9 Å². The zero-order valence-corrected chi connectivity index (χ0v) is 35.5. The van der Waals surface area contributed by atoms with Gasteiger partial charge in [0.25, 0.3) is 0 Å². The second-order valence-corrected chi connectivity index (χ2v) is 15.7. The summed E-state index contributed by atoms with van der Waals surface area (Å²) in [7, 11) is 1.27. The highest BCUT2D eigenvalue weighted by atomic mass is 16.8. The van der Waals surface area contributed by atoms with E-state index < -0.39 is 155 Å². The summed E-state index contributed by atoms with van der Waals surface area (Å²) in [6, 6.07) is 9.89. The molecule has 3 aromatic carbocycles. The predicted octanol–water partition coefficient (Wildman–Crippen LogP) is -2.69. The van der Waals surface area contributed by atoms with Crippen LogP contribution in [-0.4, -0.2) is 189 Å². The molecule has 15 atom stereocenters. The molecule has 4 aromatic rings. The number of benzene rings is 3. The smallest absolute Gasteiger partial charge is 0.335 e. The Morgan fingerprint density at radius 2 is 1.19 bits per heavy atom. The van der Waals surface area contributed by atoms with Gasteiger partial charge in [-0.3, -0.25) is 4.79 Å². The van der Waals surface area contributed by atoms with Crippen LogP contribution in [0.2, 0.25) is 0 Å². The molecular formula is C43H42O27. The molecule has 4 heterocycles. The fourth-order valence-electron chi connectivity index (χ4n) is 7.48. The monoisotopic (exact) mass is 990 g/mol. The van der Waals surface area contributed by atoms with Crippen LogP contribution in [0, 0.1) is 0 Å². The fourth-order valence-corrected chi connectivity index (χ4v) is 7.48. The van der Waals surface area contributed by atoms with E-state index in [1.54, 1.807) is 0 Å². The quantitative estimate of drug-likeness (QED) is 0.0452. The van der Waals surface area contributed by atoms with Gasteiger partial charge in [0.15, 0.2) is 65.2 Å². The van der Waals surface area contributed by atoms with Crippen LogP contribution in [0.15, 0.2) is 69.9 Å². The van der Waals surface area contributed by atoms with E-state index in [4.69, 9.17) is 42.3 Å². The topological polar surface area (TPSA) is 435 Å². The molecule has 1 aromatic heterocycles. The summed E-state index contributed by atoms with van der Waals surface area (Å²) in [5.41, 5.74) is -1.08. The van der Waals surface area contributed by atoms with Gasteiger partial charge in [-0.1, -0.05) is 6.07 Å². The Bertz CT molecular complexity index is 2720. The van der Waals surface area contributed by atoms with Gasteiger partial charge >= 0.3 is 23.9 Å². The minimum atomic E-state index is -2.35. The van der Waals surface area contributed by atoms with E-state index >= 15 is 0 Å². The van der Waals surface area contributed by atoms with Gasteiger partial charge in [-0.25, -0.2) is 19.2 Å². The van der Waals surface area contributed by atoms with Crippen LogP contribution in [0.4, 0.5) is 0 Å². The van der Waals surface area contributed by atoms with Crippen molar-refractivity contribution in [1.82, 2.24) is 0 Å². The summed E-state index contributed by atoms with van der Waals surface area (Å²) in [4.78, 5) is 62.1. The van der Waals surface area contributed by atoms with Crippen molar-refractivity contribution in [1.29, 1.82) is 0 Å². The maximum absolute atomic E-state index is 13.3. The number of aliphatic hydroxyl groups is 7. The number of phenols is 3. The van der Waals surface area contributed by atoms with Crippen LogP contribution in [0.25, 0.3) is 28.4 Å². The Morgan fingerprint density at radius 3 is 1.80 bits per heavy atom. The van der Waals surface area contributed by atoms with E-state index in [1.165, 1.54) is 37.5 Å². The maximum atomic E-state index is 13.3. The molecule has 70 heavy (non-hydrogen) atoms. The first-order valence-corrected chi connectivity index (χ1v) is 20.4. The van der Waals surface area contributed by atoms with E-state index in [9.17, 15) is 90.4 Å². The first kappa shape index (κ1) is 50.7. The Hall–Kier alpha value is -7.15. The molecule has 0 aliphatic carbocycles. The first-order valence-electron chi connectivity index (χ1n) is 20.4. The Labute approximate surface area is 389 Å². The van der Waals surface area contributed by atoms with Gasteiger partial charge < -0.3 is 109 Å². The van der Waals surface area contributed by atoms with Crippen molar-refractivity contribution in [3.63, 3.8) is 0 Å². The molecule has 376 valence electrons. The van der Waals surface area contributed by atoms with E-state index in [-0.39, 0.29) is 22.8 Å². The highest BCUT2D eigenvalue weighted by Crippen LogP contribution is 2.38. The number of carbonyl (C=O) groups is 4. The number of ether oxygens (including phenoxy) is 8. The van der Waals surface area contributed by atoms with Crippen LogP contribution >= 0.6 is 0 Å². The SMILES string of the molecule is COc1cc(/C=C/C(=O)O[C@H]2[C@H](O[C@H]3[C@H](Oc4cc(O)c5c(=O)cc(-c6ccc(O[C@@H]7O[C@H](C(=O)O)[C@@H](O)[C@H](O)[C@H]7O)c(O)c6)oc5c4)O[C@H](C(=O)O)[C@@H](O)[C@@H]3O)O[C@H](C(=O)O)[C@@H](O)[C@@H]2O)ccc1O. The minimum absolute atomic E-state index is 0.0331. The predicted molar refractivity (Wildman–Crippen MR) is 222 cm³/mol. The number of fused-ring (bicyclic) bond motifs is 1. The summed E-state index contributed by atoms with van der Waals surface area (Å²) in [6.07, 6.45) is -30.6. The number of rotatable bonds is 14. The standard InChI is InChI=1S/C43H42O27/c1-62-22-8-13(2-5-16(22)44)3-7-24(48)66-36-30(53)28(51)35(40(60)61)69-43(36)70-37-31(54)29(52)34(39(58)59)68-42(37)63-15-10-18(46)25-19(47)12-21(64-23(25)11-15)14-4-6-20(17(45)9-14)65-41-32(55)26(49)27(50)33(67-41)38(56)57/h2-12,26-37,41-46,49-55H,1H3,(H,56,57)(H,58,59)(H,60,61)/b7-3+/t26-,27-,28-,29-,30-,31-,32+,33-,34-,35-,36+,37+,41+,42+,43-/m0/s1. The number of carbonyl (C=O) groups excluding carboxylic acids is 1. The van der Waals surface area contributed by atoms with E-state index in [0.29, 0.717) is 5.56 Å². The van der Waals surface area contributed by atoms with E-state index in [1.807, 2.05) is 0 Å².